The number of carbonyl (C=O) groups excluding carboxylic acids is 4. The predicted octanol–water partition coefficient (Wildman–Crippen LogP) is 3.18. The summed E-state index contributed by atoms with van der Waals surface area (Å²) in [6.07, 6.45) is -0.657. The van der Waals surface area contributed by atoms with Gasteiger partial charge in [0.1, 0.15) is 0 Å². The Morgan fingerprint density at radius 3 is 2.14 bits per heavy atom. The molecule has 2 aromatic carbocycles. The number of ether oxygens (including phenoxy) is 1. The van der Waals surface area contributed by atoms with Gasteiger partial charge in [0.25, 0.3) is 5.91 Å². The first-order valence-electron chi connectivity index (χ1n) is 8.58. The Hall–Kier alpha value is -3.19. The largest absolute Gasteiger partial charge is 0.449 e. The Morgan fingerprint density at radius 2 is 1.57 bits per heavy atom. The van der Waals surface area contributed by atoms with E-state index in [1.807, 2.05) is 0 Å². The second kappa shape index (κ2) is 8.22. The van der Waals surface area contributed by atoms with Gasteiger partial charge in [-0.2, -0.15) is 0 Å². The molecule has 28 heavy (non-hydrogen) atoms. The van der Waals surface area contributed by atoms with Gasteiger partial charge in [-0.3, -0.25) is 19.3 Å². The second-order valence-electron chi connectivity index (χ2n) is 6.21. The summed E-state index contributed by atoms with van der Waals surface area (Å²) in [6.45, 7) is 1.46. The number of halogens is 1. The zero-order valence-electron chi connectivity index (χ0n) is 15.0. The van der Waals surface area contributed by atoms with Crippen molar-refractivity contribution < 1.29 is 23.9 Å². The van der Waals surface area contributed by atoms with E-state index in [0.717, 1.165) is 4.90 Å². The molecule has 1 heterocycles. The zero-order chi connectivity index (χ0) is 20.3. The van der Waals surface area contributed by atoms with Crippen molar-refractivity contribution >= 4 is 46.7 Å². The maximum Gasteiger partial charge on any atom is 0.338 e. The number of nitrogens with one attached hydrogen (secondary N) is 1. The maximum atomic E-state index is 12.3. The highest BCUT2D eigenvalue weighted by atomic mass is 35.5. The van der Waals surface area contributed by atoms with Crippen LogP contribution in [0.4, 0.5) is 11.4 Å². The van der Waals surface area contributed by atoms with Crippen LogP contribution in [0.25, 0.3) is 0 Å². The van der Waals surface area contributed by atoms with Crippen molar-refractivity contribution in [1.29, 1.82) is 0 Å². The van der Waals surface area contributed by atoms with Gasteiger partial charge < -0.3 is 10.1 Å². The first-order valence-corrected chi connectivity index (χ1v) is 8.96. The van der Waals surface area contributed by atoms with E-state index in [1.54, 1.807) is 24.3 Å². The summed E-state index contributed by atoms with van der Waals surface area (Å²) in [6, 6.07) is 12.4. The molecule has 0 spiro atoms. The molecule has 0 radical (unpaired) electrons. The van der Waals surface area contributed by atoms with Gasteiger partial charge in [0.05, 0.1) is 11.3 Å². The highest BCUT2D eigenvalue weighted by molar-refractivity contribution is 6.30. The fourth-order valence-electron chi connectivity index (χ4n) is 2.67. The van der Waals surface area contributed by atoms with Gasteiger partial charge in [-0.25, -0.2) is 4.79 Å². The Balaban J connectivity index is 1.60. The minimum Gasteiger partial charge on any atom is -0.449 e. The number of esters is 1. The lowest BCUT2D eigenvalue weighted by atomic mass is 10.2. The van der Waals surface area contributed by atoms with Crippen LogP contribution in [0, 0.1) is 0 Å². The quantitative estimate of drug-likeness (QED) is 0.614. The van der Waals surface area contributed by atoms with Gasteiger partial charge in [0.15, 0.2) is 6.10 Å². The van der Waals surface area contributed by atoms with Gasteiger partial charge in [-0.05, 0) is 55.5 Å². The smallest absolute Gasteiger partial charge is 0.338 e. The monoisotopic (exact) mass is 400 g/mol. The number of anilines is 2. The minimum atomic E-state index is -1.02. The van der Waals surface area contributed by atoms with Gasteiger partial charge in [0, 0.05) is 23.6 Å². The van der Waals surface area contributed by atoms with Gasteiger partial charge >= 0.3 is 5.97 Å². The van der Waals surface area contributed by atoms with Crippen LogP contribution in [0.2, 0.25) is 5.02 Å². The lowest BCUT2D eigenvalue weighted by molar-refractivity contribution is -0.124. The summed E-state index contributed by atoms with van der Waals surface area (Å²) in [5.74, 6) is -1.72. The van der Waals surface area contributed by atoms with Crippen LogP contribution in [0.15, 0.2) is 48.5 Å². The lowest BCUT2D eigenvalue weighted by Crippen LogP contribution is -2.30. The Kier molecular flexibility index (Phi) is 5.75. The molecular weight excluding hydrogens is 384 g/mol. The average Bonchev–Trinajstić information content (AvgIpc) is 3.02. The van der Waals surface area contributed by atoms with Gasteiger partial charge in [0.2, 0.25) is 11.8 Å². The number of carbonyl (C=O) groups is 4. The molecule has 0 bridgehead atoms. The SMILES string of the molecule is CC(OC(=O)c1ccc(N2C(=O)CCC2=O)cc1)C(=O)Nc1ccc(Cl)cc1. The third-order valence-corrected chi connectivity index (χ3v) is 4.43. The minimum absolute atomic E-state index is 0.183. The van der Waals surface area contributed by atoms with Gasteiger partial charge in [-0.1, -0.05) is 11.6 Å². The van der Waals surface area contributed by atoms with Crippen LogP contribution in [-0.4, -0.2) is 29.8 Å². The topological polar surface area (TPSA) is 92.8 Å². The Bertz CT molecular complexity index is 909. The van der Waals surface area contributed by atoms with E-state index in [-0.39, 0.29) is 30.2 Å². The molecule has 1 aliphatic rings. The molecule has 144 valence electrons. The number of hydrogen-bond acceptors (Lipinski definition) is 5. The summed E-state index contributed by atoms with van der Waals surface area (Å²) in [7, 11) is 0. The molecular formula is C20H17ClN2O5. The van der Waals surface area contributed by atoms with E-state index in [1.165, 1.54) is 31.2 Å². The van der Waals surface area contributed by atoms with Crippen molar-refractivity contribution in [1.82, 2.24) is 0 Å². The van der Waals surface area contributed by atoms with Crippen molar-refractivity contribution in [3.63, 3.8) is 0 Å². The van der Waals surface area contributed by atoms with Crippen molar-refractivity contribution in [3.05, 3.63) is 59.1 Å². The van der Waals surface area contributed by atoms with Crippen LogP contribution in [0.5, 0.6) is 0 Å². The molecule has 0 aliphatic carbocycles. The lowest BCUT2D eigenvalue weighted by Gasteiger charge is -2.15. The van der Waals surface area contributed by atoms with Crippen molar-refractivity contribution in [2.45, 2.75) is 25.9 Å². The summed E-state index contributed by atoms with van der Waals surface area (Å²) in [4.78, 5) is 49.0. The molecule has 7 nitrogen and oxygen atoms in total. The molecule has 1 saturated heterocycles. The molecule has 0 saturated carbocycles. The van der Waals surface area contributed by atoms with Crippen LogP contribution in [0.1, 0.15) is 30.1 Å². The van der Waals surface area contributed by atoms with Gasteiger partial charge in [-0.15, -0.1) is 0 Å². The number of amides is 3. The first kappa shape index (κ1) is 19.6. The summed E-state index contributed by atoms with van der Waals surface area (Å²) in [5, 5.41) is 3.17. The van der Waals surface area contributed by atoms with Crippen molar-refractivity contribution in [2.24, 2.45) is 0 Å². The van der Waals surface area contributed by atoms with Crippen LogP contribution in [-0.2, 0) is 19.1 Å². The van der Waals surface area contributed by atoms with E-state index in [2.05, 4.69) is 5.32 Å². The second-order valence-corrected chi connectivity index (χ2v) is 6.65. The van der Waals surface area contributed by atoms with E-state index >= 15 is 0 Å². The van der Waals surface area contributed by atoms with Crippen LogP contribution >= 0.6 is 11.6 Å². The molecule has 8 heteroatoms. The molecule has 3 rings (SSSR count). The highest BCUT2D eigenvalue weighted by Crippen LogP contribution is 2.23. The highest BCUT2D eigenvalue weighted by Gasteiger charge is 2.30. The fraction of sp³-hybridized carbons (Fsp3) is 0.200. The molecule has 1 fully saturated rings. The molecule has 2 aromatic rings. The van der Waals surface area contributed by atoms with E-state index in [4.69, 9.17) is 16.3 Å². The predicted molar refractivity (Wildman–Crippen MR) is 103 cm³/mol. The Labute approximate surface area is 166 Å². The van der Waals surface area contributed by atoms with Crippen LogP contribution in [0.3, 0.4) is 0 Å². The summed E-state index contributed by atoms with van der Waals surface area (Å²) in [5.41, 5.74) is 1.13. The van der Waals surface area contributed by atoms with E-state index < -0.39 is 18.0 Å². The van der Waals surface area contributed by atoms with E-state index in [0.29, 0.717) is 16.4 Å². The van der Waals surface area contributed by atoms with E-state index in [9.17, 15) is 19.2 Å². The zero-order valence-corrected chi connectivity index (χ0v) is 15.7. The summed E-state index contributed by atoms with van der Waals surface area (Å²) >= 11 is 5.79. The van der Waals surface area contributed by atoms with Crippen LogP contribution < -0.4 is 10.2 Å². The molecule has 3 amide bonds. The fourth-order valence-corrected chi connectivity index (χ4v) is 2.80. The number of hydrogen-bond donors (Lipinski definition) is 1. The molecule has 1 aliphatic heterocycles. The normalized spacial score (nSPS) is 14.7. The molecule has 0 aromatic heterocycles. The number of imide groups is 1. The molecule has 1 unspecified atom stereocenters. The standard InChI is InChI=1S/C20H17ClN2O5/c1-12(19(26)22-15-6-4-14(21)5-7-15)28-20(27)13-2-8-16(9-3-13)23-17(24)10-11-18(23)25/h2-9,12H,10-11H2,1H3,(H,22,26). The Morgan fingerprint density at radius 1 is 1.00 bits per heavy atom. The third-order valence-electron chi connectivity index (χ3n) is 4.18. The maximum absolute atomic E-state index is 12.3. The number of benzene rings is 2. The first-order chi connectivity index (χ1) is 13.3. The number of rotatable bonds is 5. The summed E-state index contributed by atoms with van der Waals surface area (Å²) < 4.78 is 5.18. The molecule has 1 atom stereocenters. The van der Waals surface area contributed by atoms with Crippen molar-refractivity contribution in [3.8, 4) is 0 Å². The average molecular weight is 401 g/mol. The third kappa shape index (κ3) is 4.37. The number of nitrogens with zero attached hydrogens (tertiary/aromatic N) is 1. The molecule has 1 N–H and O–H groups in total. The van der Waals surface area contributed by atoms with Crippen molar-refractivity contribution in [2.75, 3.05) is 10.2 Å².